The van der Waals surface area contributed by atoms with Crippen LogP contribution in [0.3, 0.4) is 0 Å². The van der Waals surface area contributed by atoms with Crippen molar-refractivity contribution >= 4 is 28.7 Å². The standard InChI is InChI=1S/C33H34N4O11/c1-16-21(45-31-25(39)27(47-32(34)42)28(43-4)33(2,3)48-31)13-12-20-24(38)23(30(41)46-26(16)20)37-29(40)17-10-11-18(15-36-35)22(14-17)44-19-8-6-5-7-9-19/h5-14,25,27-28,31,35,38-39H,15H2,1-4H3,(H2,34,42)(H,37,40)/p+1/t25-,27+,28-,31-/m1/s1. The van der Waals surface area contributed by atoms with E-state index in [-0.39, 0.29) is 34.4 Å². The van der Waals surface area contributed by atoms with Gasteiger partial charge in [-0.2, -0.15) is 5.53 Å². The number of aryl methyl sites for hydroxylation is 1. The van der Waals surface area contributed by atoms with E-state index in [1.165, 1.54) is 31.4 Å². The average Bonchev–Trinajstić information content (AvgIpc) is 3.04. The number of amides is 2. The zero-order valence-electron chi connectivity index (χ0n) is 26.5. The Bertz CT molecular complexity index is 1910. The van der Waals surface area contributed by atoms with E-state index in [9.17, 15) is 24.6 Å². The van der Waals surface area contributed by atoms with E-state index >= 15 is 0 Å². The zero-order chi connectivity index (χ0) is 34.7. The van der Waals surface area contributed by atoms with Crippen molar-refractivity contribution < 1.29 is 53.4 Å². The van der Waals surface area contributed by atoms with Gasteiger partial charge in [-0.15, -0.1) is 0 Å². The second kappa shape index (κ2) is 13.7. The Morgan fingerprint density at radius 1 is 1.10 bits per heavy atom. The first-order valence-corrected chi connectivity index (χ1v) is 14.7. The molecule has 2 heterocycles. The lowest BCUT2D eigenvalue weighted by atomic mass is 9.89. The van der Waals surface area contributed by atoms with E-state index < -0.39 is 59.3 Å². The number of anilines is 1. The van der Waals surface area contributed by atoms with Crippen molar-refractivity contribution in [3.63, 3.8) is 0 Å². The van der Waals surface area contributed by atoms with Crippen LogP contribution in [-0.2, 0) is 20.8 Å². The molecule has 1 saturated heterocycles. The Balaban J connectivity index is 1.42. The number of benzene rings is 3. The number of aromatic hydroxyl groups is 1. The van der Waals surface area contributed by atoms with Crippen LogP contribution in [0.15, 0.2) is 75.0 Å². The molecule has 1 aromatic heterocycles. The highest BCUT2D eigenvalue weighted by Crippen LogP contribution is 2.39. The summed E-state index contributed by atoms with van der Waals surface area (Å²) in [5.41, 5.74) is 8.91. The number of ether oxygens (including phenoxy) is 5. The fourth-order valence-corrected chi connectivity index (χ4v) is 5.49. The van der Waals surface area contributed by atoms with Crippen LogP contribution in [0.2, 0.25) is 0 Å². The number of hydrogen-bond donors (Lipinski definition) is 5. The molecule has 0 spiro atoms. The SMILES string of the molecule is CO[C@@H]1[C@@H](OC(N)=O)[C@@H](O)[C@H](Oc2ccc3c(O)c(NC(=O)c4ccc(CN=[NH2+])c(Oc5ccccc5)c4)c(=O)oc3c2C)OC1(C)C. The molecule has 48 heavy (non-hydrogen) atoms. The van der Waals surface area contributed by atoms with Crippen molar-refractivity contribution in [3.05, 3.63) is 87.8 Å². The average molecular weight is 664 g/mol. The van der Waals surface area contributed by atoms with Crippen molar-refractivity contribution in [1.82, 2.24) is 0 Å². The summed E-state index contributed by atoms with van der Waals surface area (Å²) in [4.78, 5) is 37.9. The van der Waals surface area contributed by atoms with Gasteiger partial charge in [0.1, 0.15) is 35.5 Å². The number of hydrogen-bond acceptors (Lipinski definition) is 12. The second-order valence-electron chi connectivity index (χ2n) is 11.5. The number of nitrogens with one attached hydrogen (secondary N) is 1. The smallest absolute Gasteiger partial charge is 0.404 e. The Labute approximate surface area is 273 Å². The predicted molar refractivity (Wildman–Crippen MR) is 169 cm³/mol. The van der Waals surface area contributed by atoms with Gasteiger partial charge in [0, 0.05) is 23.8 Å². The molecule has 15 heteroatoms. The van der Waals surface area contributed by atoms with Crippen LogP contribution < -0.4 is 31.7 Å². The van der Waals surface area contributed by atoms with Gasteiger partial charge in [0.2, 0.25) is 6.29 Å². The summed E-state index contributed by atoms with van der Waals surface area (Å²) in [6, 6.07) is 16.3. The highest BCUT2D eigenvalue weighted by atomic mass is 16.7. The fraction of sp³-hybridized carbons (Fsp3) is 0.303. The molecule has 15 nitrogen and oxygen atoms in total. The van der Waals surface area contributed by atoms with Gasteiger partial charge in [-0.05, 0) is 62.3 Å². The summed E-state index contributed by atoms with van der Waals surface area (Å²) in [7, 11) is 1.37. The van der Waals surface area contributed by atoms with Crippen molar-refractivity contribution in [2.24, 2.45) is 10.8 Å². The molecule has 0 bridgehead atoms. The van der Waals surface area contributed by atoms with Crippen LogP contribution in [0.1, 0.15) is 35.3 Å². The quantitative estimate of drug-likeness (QED) is 0.122. The molecule has 2 amide bonds. The molecule has 1 fully saturated rings. The van der Waals surface area contributed by atoms with E-state index in [2.05, 4.69) is 10.4 Å². The molecule has 0 radical (unpaired) electrons. The number of nitrogens with zero attached hydrogens (tertiary/aromatic N) is 1. The number of methoxy groups -OCH3 is 1. The van der Waals surface area contributed by atoms with Gasteiger partial charge in [0.25, 0.3) is 5.91 Å². The van der Waals surface area contributed by atoms with Crippen LogP contribution in [0.25, 0.3) is 11.0 Å². The maximum atomic E-state index is 13.3. The summed E-state index contributed by atoms with van der Waals surface area (Å²) in [6.07, 6.45) is -6.14. The second-order valence-corrected chi connectivity index (χ2v) is 11.5. The van der Waals surface area contributed by atoms with Crippen molar-refractivity contribution in [2.75, 3.05) is 12.4 Å². The minimum Gasteiger partial charge on any atom is -0.505 e. The number of aliphatic hydroxyl groups excluding tert-OH is 1. The third-order valence-electron chi connectivity index (χ3n) is 7.82. The molecule has 1 aliphatic rings. The molecule has 0 saturated carbocycles. The third kappa shape index (κ3) is 6.78. The lowest BCUT2D eigenvalue weighted by Gasteiger charge is -2.47. The Hall–Kier alpha value is -5.51. The summed E-state index contributed by atoms with van der Waals surface area (Å²) >= 11 is 0. The molecule has 252 valence electrons. The maximum absolute atomic E-state index is 13.3. The number of nitrogens with two attached hydrogens (primary N) is 2. The molecule has 1 aliphatic heterocycles. The maximum Gasteiger partial charge on any atom is 0.404 e. The molecule has 3 aromatic carbocycles. The molecule has 5 rings (SSSR count). The van der Waals surface area contributed by atoms with E-state index in [0.29, 0.717) is 17.1 Å². The van der Waals surface area contributed by atoms with Gasteiger partial charge in [-0.1, -0.05) is 24.3 Å². The number of rotatable bonds is 10. The molecule has 0 aliphatic carbocycles. The van der Waals surface area contributed by atoms with Gasteiger partial charge in [0.05, 0.1) is 11.0 Å². The van der Waals surface area contributed by atoms with Gasteiger partial charge < -0.3 is 49.4 Å². The normalized spacial score (nSPS) is 20.1. The van der Waals surface area contributed by atoms with Gasteiger partial charge in [0.15, 0.2) is 23.6 Å². The number of carbonyl (C=O) groups excluding carboxylic acids is 2. The van der Waals surface area contributed by atoms with E-state index in [1.807, 2.05) is 6.07 Å². The van der Waals surface area contributed by atoms with Gasteiger partial charge in [-0.3, -0.25) is 4.79 Å². The van der Waals surface area contributed by atoms with Gasteiger partial charge in [-0.25, -0.2) is 9.59 Å². The minimum absolute atomic E-state index is 0.0503. The highest BCUT2D eigenvalue weighted by molar-refractivity contribution is 6.06. The van der Waals surface area contributed by atoms with E-state index in [4.69, 9.17) is 39.4 Å². The summed E-state index contributed by atoms with van der Waals surface area (Å²) in [5.74, 6) is -0.314. The Morgan fingerprint density at radius 3 is 2.50 bits per heavy atom. The zero-order valence-corrected chi connectivity index (χ0v) is 26.5. The number of carbonyl (C=O) groups is 2. The number of aliphatic hydroxyl groups is 1. The monoisotopic (exact) mass is 663 g/mol. The molecular weight excluding hydrogens is 628 g/mol. The Morgan fingerprint density at radius 2 is 1.83 bits per heavy atom. The van der Waals surface area contributed by atoms with Crippen molar-refractivity contribution in [1.29, 1.82) is 0 Å². The first-order chi connectivity index (χ1) is 22.8. The lowest BCUT2D eigenvalue weighted by Crippen LogP contribution is -2.65. The molecule has 0 unspecified atom stereocenters. The first-order valence-electron chi connectivity index (χ1n) is 14.7. The fourth-order valence-electron chi connectivity index (χ4n) is 5.49. The number of fused-ring (bicyclic) bond motifs is 1. The lowest BCUT2D eigenvalue weighted by molar-refractivity contribution is -0.304. The van der Waals surface area contributed by atoms with Crippen LogP contribution >= 0.6 is 0 Å². The van der Waals surface area contributed by atoms with E-state index in [0.717, 1.165) is 0 Å². The Kier molecular flexibility index (Phi) is 9.65. The van der Waals surface area contributed by atoms with Gasteiger partial charge >= 0.3 is 11.7 Å². The van der Waals surface area contributed by atoms with Crippen LogP contribution in [0.4, 0.5) is 10.5 Å². The van der Waals surface area contributed by atoms with Crippen LogP contribution in [-0.4, -0.2) is 59.5 Å². The molecule has 4 aromatic rings. The molecule has 7 N–H and O–H groups in total. The topological polar surface area (TPSA) is 227 Å². The molecule has 4 atom stereocenters. The summed E-state index contributed by atoms with van der Waals surface area (Å²) in [5, 5.41) is 28.3. The van der Waals surface area contributed by atoms with E-state index in [1.54, 1.807) is 51.1 Å². The van der Waals surface area contributed by atoms with Crippen molar-refractivity contribution in [2.45, 2.75) is 57.5 Å². The predicted octanol–water partition coefficient (Wildman–Crippen LogP) is 2.92. The minimum atomic E-state index is -1.53. The summed E-state index contributed by atoms with van der Waals surface area (Å²) in [6.45, 7) is 4.99. The largest absolute Gasteiger partial charge is 0.505 e. The highest BCUT2D eigenvalue weighted by Gasteiger charge is 2.53. The number of para-hydroxylation sites is 1. The number of primary amides is 1. The first kappa shape index (κ1) is 33.8. The van der Waals surface area contributed by atoms with Crippen LogP contribution in [0.5, 0.6) is 23.0 Å². The summed E-state index contributed by atoms with van der Waals surface area (Å²) < 4.78 is 33.9. The third-order valence-corrected chi connectivity index (χ3v) is 7.82. The van der Waals surface area contributed by atoms with Crippen LogP contribution in [0, 0.1) is 6.92 Å². The van der Waals surface area contributed by atoms with Crippen molar-refractivity contribution in [3.8, 4) is 23.0 Å². The molecular formula is C33H35N4O11+.